The molecule has 2 amide bonds. The van der Waals surface area contributed by atoms with E-state index in [0.717, 1.165) is 37.9 Å². The van der Waals surface area contributed by atoms with Gasteiger partial charge >= 0.3 is 0 Å². The number of anilines is 1. The van der Waals surface area contributed by atoms with Gasteiger partial charge in [0.2, 0.25) is 5.91 Å². The van der Waals surface area contributed by atoms with Crippen LogP contribution in [0.4, 0.5) is 5.69 Å². The third kappa shape index (κ3) is 3.85. The number of carbonyl (C=O) groups excluding carboxylic acids is 2. The van der Waals surface area contributed by atoms with E-state index in [9.17, 15) is 9.59 Å². The van der Waals surface area contributed by atoms with E-state index in [1.165, 1.54) is 0 Å². The summed E-state index contributed by atoms with van der Waals surface area (Å²) in [7, 11) is 0. The molecule has 1 aromatic carbocycles. The molecule has 2 atom stereocenters. The molecular formula is C17H24ClN3O2. The van der Waals surface area contributed by atoms with E-state index >= 15 is 0 Å². The molecule has 1 heterocycles. The Morgan fingerprint density at radius 3 is 2.57 bits per heavy atom. The second kappa shape index (κ2) is 7.79. The van der Waals surface area contributed by atoms with Crippen LogP contribution in [0.15, 0.2) is 24.3 Å². The second-order valence-electron chi connectivity index (χ2n) is 6.20. The summed E-state index contributed by atoms with van der Waals surface area (Å²) >= 11 is 0. The molecular weight excluding hydrogens is 314 g/mol. The Hall–Kier alpha value is -1.59. The Bertz CT molecular complexity index is 561. The van der Waals surface area contributed by atoms with Crippen molar-refractivity contribution in [3.05, 3.63) is 29.8 Å². The molecule has 5 nitrogen and oxygen atoms in total. The summed E-state index contributed by atoms with van der Waals surface area (Å²) in [5.74, 6) is 0.504. The smallest absolute Gasteiger partial charge is 0.251 e. The lowest BCUT2D eigenvalue weighted by Crippen LogP contribution is -2.39. The van der Waals surface area contributed by atoms with Crippen LogP contribution in [0.2, 0.25) is 0 Å². The SMILES string of the molecule is Cl.NCC1CCCC1NC(=O)c1ccc(N2CCCC2=O)cc1. The van der Waals surface area contributed by atoms with Crippen molar-refractivity contribution >= 4 is 29.9 Å². The summed E-state index contributed by atoms with van der Waals surface area (Å²) in [6.07, 6.45) is 4.75. The van der Waals surface area contributed by atoms with Gasteiger partial charge in [0.05, 0.1) is 0 Å². The highest BCUT2D eigenvalue weighted by Gasteiger charge is 2.27. The van der Waals surface area contributed by atoms with E-state index in [1.54, 1.807) is 17.0 Å². The molecule has 0 radical (unpaired) electrons. The van der Waals surface area contributed by atoms with Gasteiger partial charge in [-0.1, -0.05) is 6.42 Å². The van der Waals surface area contributed by atoms with Gasteiger partial charge in [-0.2, -0.15) is 0 Å². The van der Waals surface area contributed by atoms with Gasteiger partial charge in [0.1, 0.15) is 0 Å². The van der Waals surface area contributed by atoms with E-state index in [-0.39, 0.29) is 30.3 Å². The maximum Gasteiger partial charge on any atom is 0.251 e. The van der Waals surface area contributed by atoms with Gasteiger partial charge in [-0.25, -0.2) is 0 Å². The molecule has 126 valence electrons. The van der Waals surface area contributed by atoms with Crippen molar-refractivity contribution in [1.82, 2.24) is 5.32 Å². The first-order valence-corrected chi connectivity index (χ1v) is 8.10. The summed E-state index contributed by atoms with van der Waals surface area (Å²) in [5.41, 5.74) is 7.26. The Kier molecular flexibility index (Phi) is 6.02. The molecule has 23 heavy (non-hydrogen) atoms. The highest BCUT2D eigenvalue weighted by molar-refractivity contribution is 5.97. The largest absolute Gasteiger partial charge is 0.349 e. The van der Waals surface area contributed by atoms with Gasteiger partial charge in [0, 0.05) is 30.3 Å². The van der Waals surface area contributed by atoms with E-state index in [1.807, 2.05) is 12.1 Å². The van der Waals surface area contributed by atoms with Crippen molar-refractivity contribution in [2.45, 2.75) is 38.1 Å². The van der Waals surface area contributed by atoms with E-state index in [2.05, 4.69) is 5.32 Å². The van der Waals surface area contributed by atoms with Crippen molar-refractivity contribution in [2.24, 2.45) is 11.7 Å². The maximum absolute atomic E-state index is 12.3. The van der Waals surface area contributed by atoms with Gasteiger partial charge in [-0.15, -0.1) is 12.4 Å². The molecule has 0 spiro atoms. The topological polar surface area (TPSA) is 75.4 Å². The monoisotopic (exact) mass is 337 g/mol. The third-order valence-corrected chi connectivity index (χ3v) is 4.79. The van der Waals surface area contributed by atoms with Crippen LogP contribution in [0.3, 0.4) is 0 Å². The average Bonchev–Trinajstić information content (AvgIpc) is 3.16. The number of nitrogens with one attached hydrogen (secondary N) is 1. The van der Waals surface area contributed by atoms with E-state index < -0.39 is 0 Å². The maximum atomic E-state index is 12.3. The van der Waals surface area contributed by atoms with E-state index in [0.29, 0.717) is 24.4 Å². The number of hydrogen-bond acceptors (Lipinski definition) is 3. The Labute approximate surface area is 143 Å². The molecule has 0 aromatic heterocycles. The molecule has 2 unspecified atom stereocenters. The standard InChI is InChI=1S/C17H23N3O2.ClH/c18-11-13-3-1-4-15(13)19-17(22)12-6-8-14(9-7-12)20-10-2-5-16(20)21;/h6-9,13,15H,1-5,10-11,18H2,(H,19,22);1H. The third-order valence-electron chi connectivity index (χ3n) is 4.79. The fourth-order valence-corrected chi connectivity index (χ4v) is 3.47. The zero-order valence-electron chi connectivity index (χ0n) is 13.2. The molecule has 6 heteroatoms. The lowest BCUT2D eigenvalue weighted by Gasteiger charge is -2.20. The van der Waals surface area contributed by atoms with Crippen LogP contribution in [0.1, 0.15) is 42.5 Å². The van der Waals surface area contributed by atoms with Crippen molar-refractivity contribution in [1.29, 1.82) is 0 Å². The number of nitrogens with zero attached hydrogens (tertiary/aromatic N) is 1. The number of benzene rings is 1. The molecule has 1 aliphatic heterocycles. The van der Waals surface area contributed by atoms with Crippen molar-refractivity contribution < 1.29 is 9.59 Å². The number of nitrogens with two attached hydrogens (primary N) is 1. The molecule has 1 saturated carbocycles. The van der Waals surface area contributed by atoms with Crippen LogP contribution in [0.25, 0.3) is 0 Å². The number of hydrogen-bond donors (Lipinski definition) is 2. The number of rotatable bonds is 4. The minimum absolute atomic E-state index is 0. The molecule has 3 rings (SSSR count). The molecule has 3 N–H and O–H groups in total. The molecule has 1 saturated heterocycles. The fourth-order valence-electron chi connectivity index (χ4n) is 3.47. The first-order valence-electron chi connectivity index (χ1n) is 8.10. The molecule has 0 bridgehead atoms. The van der Waals surface area contributed by atoms with Gasteiger partial charge < -0.3 is 16.0 Å². The summed E-state index contributed by atoms with van der Waals surface area (Å²) in [4.78, 5) is 25.8. The second-order valence-corrected chi connectivity index (χ2v) is 6.20. The normalized spacial score (nSPS) is 23.7. The predicted molar refractivity (Wildman–Crippen MR) is 92.9 cm³/mol. The predicted octanol–water partition coefficient (Wildman–Crippen LogP) is 2.09. The minimum atomic E-state index is -0.0513. The van der Waals surface area contributed by atoms with Gasteiger partial charge in [0.15, 0.2) is 0 Å². The number of amides is 2. The molecule has 2 fully saturated rings. The summed E-state index contributed by atoms with van der Waals surface area (Å²) in [6, 6.07) is 7.49. The quantitative estimate of drug-likeness (QED) is 0.883. The van der Waals surface area contributed by atoms with Crippen LogP contribution >= 0.6 is 12.4 Å². The Balaban J connectivity index is 0.00000192. The van der Waals surface area contributed by atoms with Crippen LogP contribution in [0.5, 0.6) is 0 Å². The van der Waals surface area contributed by atoms with Crippen LogP contribution < -0.4 is 16.0 Å². The van der Waals surface area contributed by atoms with Crippen molar-refractivity contribution in [3.63, 3.8) is 0 Å². The first kappa shape index (κ1) is 17.8. The van der Waals surface area contributed by atoms with Crippen molar-refractivity contribution in [2.75, 3.05) is 18.0 Å². The zero-order valence-corrected chi connectivity index (χ0v) is 14.0. The lowest BCUT2D eigenvalue weighted by molar-refractivity contribution is -0.117. The van der Waals surface area contributed by atoms with Gasteiger partial charge in [-0.3, -0.25) is 9.59 Å². The molecule has 1 aromatic rings. The van der Waals surface area contributed by atoms with E-state index in [4.69, 9.17) is 5.73 Å². The highest BCUT2D eigenvalue weighted by Crippen LogP contribution is 2.25. The van der Waals surface area contributed by atoms with Gasteiger partial charge in [-0.05, 0) is 56.0 Å². The Morgan fingerprint density at radius 1 is 1.22 bits per heavy atom. The summed E-state index contributed by atoms with van der Waals surface area (Å²) in [6.45, 7) is 1.39. The lowest BCUT2D eigenvalue weighted by atomic mass is 10.0. The van der Waals surface area contributed by atoms with Crippen molar-refractivity contribution in [3.8, 4) is 0 Å². The van der Waals surface area contributed by atoms with Crippen LogP contribution in [0, 0.1) is 5.92 Å². The summed E-state index contributed by atoms with van der Waals surface area (Å²) < 4.78 is 0. The first-order chi connectivity index (χ1) is 10.7. The molecule has 1 aliphatic carbocycles. The average molecular weight is 338 g/mol. The Morgan fingerprint density at radius 2 is 1.96 bits per heavy atom. The zero-order chi connectivity index (χ0) is 15.5. The highest BCUT2D eigenvalue weighted by atomic mass is 35.5. The number of carbonyl (C=O) groups is 2. The molecule has 2 aliphatic rings. The minimum Gasteiger partial charge on any atom is -0.349 e. The van der Waals surface area contributed by atoms with Crippen LogP contribution in [-0.2, 0) is 4.79 Å². The van der Waals surface area contributed by atoms with Crippen LogP contribution in [-0.4, -0.2) is 30.9 Å². The van der Waals surface area contributed by atoms with Gasteiger partial charge in [0.25, 0.3) is 5.91 Å². The fraction of sp³-hybridized carbons (Fsp3) is 0.529. The summed E-state index contributed by atoms with van der Waals surface area (Å²) in [5, 5.41) is 3.09. The number of halogens is 1.